The zero-order valence-electron chi connectivity index (χ0n) is 14.1. The molecule has 1 aromatic heterocycles. The highest BCUT2D eigenvalue weighted by molar-refractivity contribution is 7.09. The molecular weight excluding hydrogens is 336 g/mol. The second-order valence-corrected chi connectivity index (χ2v) is 6.92. The molecule has 0 atom stereocenters. The molecule has 0 spiro atoms. The topological polar surface area (TPSA) is 69.5 Å². The Hall–Kier alpha value is -2.27. The van der Waals surface area contributed by atoms with Gasteiger partial charge in [0.1, 0.15) is 5.01 Å². The molecule has 1 aromatic carbocycles. The average Bonchev–Trinajstić information content (AvgIpc) is 3.08. The van der Waals surface area contributed by atoms with Crippen molar-refractivity contribution >= 4 is 17.2 Å². The summed E-state index contributed by atoms with van der Waals surface area (Å²) in [6.45, 7) is 4.70. The lowest BCUT2D eigenvalue weighted by Crippen LogP contribution is -2.35. The van der Waals surface area contributed by atoms with Gasteiger partial charge in [-0.2, -0.15) is 5.26 Å². The molecule has 7 heteroatoms. The highest BCUT2D eigenvalue weighted by atomic mass is 32.1. The number of nitriles is 1. The van der Waals surface area contributed by atoms with Crippen LogP contribution in [0.4, 0.5) is 0 Å². The molecule has 3 rings (SSSR count). The van der Waals surface area contributed by atoms with Crippen LogP contribution >= 0.6 is 11.3 Å². The predicted molar refractivity (Wildman–Crippen MR) is 95.2 cm³/mol. The molecule has 1 fully saturated rings. The van der Waals surface area contributed by atoms with Crippen molar-refractivity contribution in [1.82, 2.24) is 14.8 Å². The van der Waals surface area contributed by atoms with Gasteiger partial charge in [-0.05, 0) is 18.2 Å². The molecule has 0 unspecified atom stereocenters. The van der Waals surface area contributed by atoms with E-state index in [2.05, 4.69) is 16.0 Å². The lowest BCUT2D eigenvalue weighted by Gasteiger charge is -2.25. The minimum atomic E-state index is -0.111. The van der Waals surface area contributed by atoms with Gasteiger partial charge < -0.3 is 9.64 Å². The van der Waals surface area contributed by atoms with Crippen molar-refractivity contribution in [1.29, 1.82) is 5.26 Å². The van der Waals surface area contributed by atoms with Crippen molar-refractivity contribution < 1.29 is 9.53 Å². The Labute approximate surface area is 151 Å². The number of hydrogen-bond acceptors (Lipinski definition) is 6. The number of carbonyl (C=O) groups is 1. The summed E-state index contributed by atoms with van der Waals surface area (Å²) >= 11 is 1.62. The SMILES string of the molecule is CN(Cc1csc(CN2CCOCC2)n1)C(=O)c1cccc(C#N)c1. The van der Waals surface area contributed by atoms with E-state index in [1.165, 1.54) is 0 Å². The van der Waals surface area contributed by atoms with E-state index in [9.17, 15) is 4.79 Å². The molecule has 1 amide bonds. The molecule has 6 nitrogen and oxygen atoms in total. The molecular formula is C18H20N4O2S. The number of hydrogen-bond donors (Lipinski definition) is 0. The molecule has 0 N–H and O–H groups in total. The first-order valence-corrected chi connectivity index (χ1v) is 9.02. The Morgan fingerprint density at radius 1 is 1.44 bits per heavy atom. The van der Waals surface area contributed by atoms with E-state index in [0.717, 1.165) is 43.5 Å². The highest BCUT2D eigenvalue weighted by Gasteiger charge is 2.16. The summed E-state index contributed by atoms with van der Waals surface area (Å²) in [5.41, 5.74) is 1.89. The molecule has 1 aliphatic heterocycles. The predicted octanol–water partition coefficient (Wildman–Crippen LogP) is 2.12. The second-order valence-electron chi connectivity index (χ2n) is 5.97. The first kappa shape index (κ1) is 17.5. The summed E-state index contributed by atoms with van der Waals surface area (Å²) in [4.78, 5) is 21.1. The Morgan fingerprint density at radius 2 is 2.24 bits per heavy atom. The van der Waals surface area contributed by atoms with Crippen LogP contribution in [0.3, 0.4) is 0 Å². The number of amides is 1. The lowest BCUT2D eigenvalue weighted by molar-refractivity contribution is 0.0341. The van der Waals surface area contributed by atoms with E-state index in [1.807, 2.05) is 5.38 Å². The molecule has 0 aliphatic carbocycles. The summed E-state index contributed by atoms with van der Waals surface area (Å²) < 4.78 is 5.36. The summed E-state index contributed by atoms with van der Waals surface area (Å²) in [5.74, 6) is -0.111. The van der Waals surface area contributed by atoms with Gasteiger partial charge >= 0.3 is 0 Å². The Kier molecular flexibility index (Phi) is 5.76. The van der Waals surface area contributed by atoms with Crippen molar-refractivity contribution in [3.63, 3.8) is 0 Å². The minimum absolute atomic E-state index is 0.111. The number of thiazole rings is 1. The summed E-state index contributed by atoms with van der Waals surface area (Å²) in [6, 6.07) is 8.81. The molecule has 1 saturated heterocycles. The second kappa shape index (κ2) is 8.21. The third-order valence-electron chi connectivity index (χ3n) is 4.05. The fourth-order valence-electron chi connectivity index (χ4n) is 2.70. The van der Waals surface area contributed by atoms with Gasteiger partial charge in [-0.15, -0.1) is 11.3 Å². The number of ether oxygens (including phenoxy) is 1. The number of carbonyl (C=O) groups excluding carboxylic acids is 1. The van der Waals surface area contributed by atoms with Crippen molar-refractivity contribution in [2.75, 3.05) is 33.4 Å². The van der Waals surface area contributed by atoms with E-state index in [1.54, 1.807) is 47.5 Å². The standard InChI is InChI=1S/C18H20N4O2S/c1-21(18(23)15-4-2-3-14(9-15)10-19)11-16-13-25-17(20-16)12-22-5-7-24-8-6-22/h2-4,9,13H,5-8,11-12H2,1H3. The van der Waals surface area contributed by atoms with E-state index in [4.69, 9.17) is 10.00 Å². The monoisotopic (exact) mass is 356 g/mol. The third-order valence-corrected chi connectivity index (χ3v) is 4.93. The van der Waals surface area contributed by atoms with Crippen LogP contribution in [0, 0.1) is 11.3 Å². The quantitative estimate of drug-likeness (QED) is 0.821. The van der Waals surface area contributed by atoms with Crippen molar-refractivity contribution in [2.45, 2.75) is 13.1 Å². The van der Waals surface area contributed by atoms with Crippen LogP contribution in [0.2, 0.25) is 0 Å². The van der Waals surface area contributed by atoms with Gasteiger partial charge in [0.05, 0.1) is 43.6 Å². The number of aromatic nitrogens is 1. The van der Waals surface area contributed by atoms with E-state index >= 15 is 0 Å². The minimum Gasteiger partial charge on any atom is -0.379 e. The van der Waals surface area contributed by atoms with Gasteiger partial charge in [-0.25, -0.2) is 4.98 Å². The number of rotatable bonds is 5. The van der Waals surface area contributed by atoms with Gasteiger partial charge in [0.2, 0.25) is 0 Å². The van der Waals surface area contributed by atoms with Gasteiger partial charge in [0.25, 0.3) is 5.91 Å². The first-order valence-electron chi connectivity index (χ1n) is 8.15. The first-order chi connectivity index (χ1) is 12.2. The van der Waals surface area contributed by atoms with Crippen molar-refractivity contribution in [3.8, 4) is 6.07 Å². The Morgan fingerprint density at radius 3 is 3.00 bits per heavy atom. The summed E-state index contributed by atoms with van der Waals surface area (Å²) in [6.07, 6.45) is 0. The average molecular weight is 356 g/mol. The number of benzene rings is 1. The zero-order valence-corrected chi connectivity index (χ0v) is 15.0. The maximum atomic E-state index is 12.5. The summed E-state index contributed by atoms with van der Waals surface area (Å²) in [7, 11) is 1.75. The zero-order chi connectivity index (χ0) is 17.6. The van der Waals surface area contributed by atoms with E-state index in [-0.39, 0.29) is 5.91 Å². The van der Waals surface area contributed by atoms with Crippen molar-refractivity contribution in [3.05, 3.63) is 51.5 Å². The fourth-order valence-corrected chi connectivity index (χ4v) is 3.53. The van der Waals surface area contributed by atoms with Crippen LogP contribution < -0.4 is 0 Å². The largest absolute Gasteiger partial charge is 0.379 e. The third kappa shape index (κ3) is 4.63. The van der Waals surface area contributed by atoms with Gasteiger partial charge in [-0.3, -0.25) is 9.69 Å². The maximum Gasteiger partial charge on any atom is 0.253 e. The number of morpholine rings is 1. The molecule has 0 saturated carbocycles. The van der Waals surface area contributed by atoms with Crippen LogP contribution in [0.15, 0.2) is 29.6 Å². The Balaban J connectivity index is 1.59. The van der Waals surface area contributed by atoms with Crippen LogP contribution in [-0.4, -0.2) is 54.0 Å². The smallest absolute Gasteiger partial charge is 0.253 e. The highest BCUT2D eigenvalue weighted by Crippen LogP contribution is 2.16. The molecule has 2 heterocycles. The van der Waals surface area contributed by atoms with Crippen molar-refractivity contribution in [2.24, 2.45) is 0 Å². The lowest BCUT2D eigenvalue weighted by atomic mass is 10.1. The van der Waals surface area contributed by atoms with E-state index < -0.39 is 0 Å². The molecule has 25 heavy (non-hydrogen) atoms. The Bertz CT molecular complexity index is 777. The maximum absolute atomic E-state index is 12.5. The van der Waals surface area contributed by atoms with Crippen LogP contribution in [0.1, 0.15) is 26.6 Å². The molecule has 0 bridgehead atoms. The molecule has 130 valence electrons. The fraction of sp³-hybridized carbons (Fsp3) is 0.389. The van der Waals surface area contributed by atoms with E-state index in [0.29, 0.717) is 17.7 Å². The normalized spacial score (nSPS) is 14.9. The molecule has 2 aromatic rings. The van der Waals surface area contributed by atoms with Gasteiger partial charge in [0.15, 0.2) is 0 Å². The molecule has 0 radical (unpaired) electrons. The van der Waals surface area contributed by atoms with Crippen LogP contribution in [0.5, 0.6) is 0 Å². The van der Waals surface area contributed by atoms with Crippen LogP contribution in [0.25, 0.3) is 0 Å². The van der Waals surface area contributed by atoms with Gasteiger partial charge in [0, 0.05) is 31.1 Å². The number of nitrogens with zero attached hydrogens (tertiary/aromatic N) is 4. The van der Waals surface area contributed by atoms with Gasteiger partial charge in [-0.1, -0.05) is 6.07 Å². The van der Waals surface area contributed by atoms with Crippen LogP contribution in [-0.2, 0) is 17.8 Å². The molecule has 1 aliphatic rings. The summed E-state index contributed by atoms with van der Waals surface area (Å²) in [5, 5.41) is 12.0.